The van der Waals surface area contributed by atoms with Crippen molar-refractivity contribution in [1.29, 1.82) is 0 Å². The first-order valence-corrected chi connectivity index (χ1v) is 7.92. The van der Waals surface area contributed by atoms with Gasteiger partial charge in [0.25, 0.3) is 0 Å². The highest BCUT2D eigenvalue weighted by atomic mass is 16.4. The van der Waals surface area contributed by atoms with Crippen LogP contribution in [0.2, 0.25) is 0 Å². The number of nitrogens with zero attached hydrogens (tertiary/aromatic N) is 3. The SMILES string of the molecule is CC(C(=O)O)N1CCN(C(=O)N(CC2CC2)C(C)C)CC1. The molecule has 1 aliphatic carbocycles. The summed E-state index contributed by atoms with van der Waals surface area (Å²) in [7, 11) is 0. The van der Waals surface area contributed by atoms with Gasteiger partial charge in [-0.15, -0.1) is 0 Å². The number of piperazine rings is 1. The van der Waals surface area contributed by atoms with Crippen molar-refractivity contribution in [3.05, 3.63) is 0 Å². The smallest absolute Gasteiger partial charge is 0.320 e. The fourth-order valence-electron chi connectivity index (χ4n) is 2.73. The second-order valence-corrected chi connectivity index (χ2v) is 6.51. The highest BCUT2D eigenvalue weighted by Gasteiger charge is 2.33. The monoisotopic (exact) mass is 297 g/mol. The van der Waals surface area contributed by atoms with Crippen LogP contribution < -0.4 is 0 Å². The fourth-order valence-corrected chi connectivity index (χ4v) is 2.73. The minimum Gasteiger partial charge on any atom is -0.480 e. The van der Waals surface area contributed by atoms with Crippen molar-refractivity contribution in [3.8, 4) is 0 Å². The molecule has 1 saturated carbocycles. The van der Waals surface area contributed by atoms with Crippen LogP contribution >= 0.6 is 0 Å². The second-order valence-electron chi connectivity index (χ2n) is 6.51. The summed E-state index contributed by atoms with van der Waals surface area (Å²) in [6.07, 6.45) is 2.47. The van der Waals surface area contributed by atoms with Crippen molar-refractivity contribution in [2.45, 2.75) is 45.7 Å². The van der Waals surface area contributed by atoms with E-state index in [1.165, 1.54) is 12.8 Å². The van der Waals surface area contributed by atoms with Crippen LogP contribution in [-0.4, -0.2) is 76.6 Å². The number of urea groups is 1. The predicted molar refractivity (Wildman–Crippen MR) is 80.2 cm³/mol. The van der Waals surface area contributed by atoms with E-state index in [4.69, 9.17) is 5.11 Å². The van der Waals surface area contributed by atoms with Crippen LogP contribution in [0.15, 0.2) is 0 Å². The van der Waals surface area contributed by atoms with E-state index < -0.39 is 12.0 Å². The fraction of sp³-hybridized carbons (Fsp3) is 0.867. The third-order valence-corrected chi connectivity index (χ3v) is 4.51. The molecule has 1 atom stereocenters. The first-order valence-electron chi connectivity index (χ1n) is 7.92. The molecule has 0 bridgehead atoms. The van der Waals surface area contributed by atoms with Gasteiger partial charge in [0.2, 0.25) is 0 Å². The van der Waals surface area contributed by atoms with E-state index in [0.717, 1.165) is 6.54 Å². The number of carboxylic acid groups (broad SMARTS) is 1. The van der Waals surface area contributed by atoms with E-state index in [0.29, 0.717) is 32.1 Å². The second kappa shape index (κ2) is 6.64. The zero-order valence-corrected chi connectivity index (χ0v) is 13.3. The summed E-state index contributed by atoms with van der Waals surface area (Å²) in [5.74, 6) is -0.114. The Bertz CT molecular complexity index is 388. The van der Waals surface area contributed by atoms with Crippen molar-refractivity contribution in [1.82, 2.24) is 14.7 Å². The van der Waals surface area contributed by atoms with Crippen LogP contribution in [0.4, 0.5) is 4.79 Å². The van der Waals surface area contributed by atoms with Crippen LogP contribution in [0.3, 0.4) is 0 Å². The van der Waals surface area contributed by atoms with Crippen LogP contribution in [0.25, 0.3) is 0 Å². The summed E-state index contributed by atoms with van der Waals surface area (Å²) in [6.45, 7) is 9.18. The van der Waals surface area contributed by atoms with Crippen molar-refractivity contribution in [3.63, 3.8) is 0 Å². The molecular weight excluding hydrogens is 270 g/mol. The maximum atomic E-state index is 12.6. The molecule has 1 heterocycles. The van der Waals surface area contributed by atoms with Gasteiger partial charge in [0.1, 0.15) is 6.04 Å². The quantitative estimate of drug-likeness (QED) is 0.831. The van der Waals surface area contributed by atoms with E-state index in [-0.39, 0.29) is 12.1 Å². The van der Waals surface area contributed by atoms with E-state index in [2.05, 4.69) is 13.8 Å². The molecule has 1 unspecified atom stereocenters. The molecule has 1 aliphatic heterocycles. The molecule has 6 heteroatoms. The highest BCUT2D eigenvalue weighted by Crippen LogP contribution is 2.30. The molecule has 2 amide bonds. The summed E-state index contributed by atoms with van der Waals surface area (Å²) in [6, 6.07) is -0.150. The Morgan fingerprint density at radius 2 is 1.71 bits per heavy atom. The average molecular weight is 297 g/mol. The Balaban J connectivity index is 1.87. The Morgan fingerprint density at radius 3 is 2.14 bits per heavy atom. The van der Waals surface area contributed by atoms with Crippen LogP contribution in [0, 0.1) is 5.92 Å². The lowest BCUT2D eigenvalue weighted by atomic mass is 10.2. The zero-order valence-electron chi connectivity index (χ0n) is 13.3. The number of hydrogen-bond donors (Lipinski definition) is 1. The Hall–Kier alpha value is -1.30. The number of carboxylic acids is 1. The number of carbonyl (C=O) groups excluding carboxylic acids is 1. The number of amides is 2. The van der Waals surface area contributed by atoms with Crippen molar-refractivity contribution in [2.75, 3.05) is 32.7 Å². The molecule has 2 rings (SSSR count). The van der Waals surface area contributed by atoms with Gasteiger partial charge in [-0.2, -0.15) is 0 Å². The maximum absolute atomic E-state index is 12.6. The standard InChI is InChI=1S/C15H27N3O3/c1-11(2)18(10-13-4-5-13)15(21)17-8-6-16(7-9-17)12(3)14(19)20/h11-13H,4-10H2,1-3H3,(H,19,20). The minimum absolute atomic E-state index is 0.111. The van der Waals surface area contributed by atoms with Gasteiger partial charge < -0.3 is 14.9 Å². The topological polar surface area (TPSA) is 64.1 Å². The average Bonchev–Trinajstić information content (AvgIpc) is 3.27. The molecule has 6 nitrogen and oxygen atoms in total. The molecule has 1 N–H and O–H groups in total. The highest BCUT2D eigenvalue weighted by molar-refractivity contribution is 5.75. The first-order chi connectivity index (χ1) is 9.90. The van der Waals surface area contributed by atoms with E-state index in [9.17, 15) is 9.59 Å². The molecule has 0 aromatic heterocycles. The van der Waals surface area contributed by atoms with Gasteiger partial charge in [-0.05, 0) is 39.5 Å². The first kappa shape index (κ1) is 16.1. The molecule has 120 valence electrons. The molecule has 0 aromatic rings. The van der Waals surface area contributed by atoms with Gasteiger partial charge in [-0.25, -0.2) is 4.79 Å². The van der Waals surface area contributed by atoms with Crippen LogP contribution in [-0.2, 0) is 4.79 Å². The van der Waals surface area contributed by atoms with E-state index in [1.54, 1.807) is 6.92 Å². The number of rotatable bonds is 5. The molecule has 21 heavy (non-hydrogen) atoms. The lowest BCUT2D eigenvalue weighted by molar-refractivity contribution is -0.143. The van der Waals surface area contributed by atoms with Gasteiger partial charge in [-0.3, -0.25) is 9.69 Å². The molecule has 1 saturated heterocycles. The van der Waals surface area contributed by atoms with Crippen molar-refractivity contribution in [2.24, 2.45) is 5.92 Å². The normalized spacial score (nSPS) is 21.4. The Labute approximate surface area is 126 Å². The van der Waals surface area contributed by atoms with E-state index >= 15 is 0 Å². The molecule has 0 spiro atoms. The summed E-state index contributed by atoms with van der Waals surface area (Å²) in [5.41, 5.74) is 0. The van der Waals surface area contributed by atoms with Crippen LogP contribution in [0.1, 0.15) is 33.6 Å². The number of carbonyl (C=O) groups is 2. The third kappa shape index (κ3) is 4.09. The summed E-state index contributed by atoms with van der Waals surface area (Å²) in [4.78, 5) is 29.4. The molecular formula is C15H27N3O3. The summed E-state index contributed by atoms with van der Waals surface area (Å²) in [5, 5.41) is 9.05. The van der Waals surface area contributed by atoms with Gasteiger partial charge in [0.05, 0.1) is 0 Å². The predicted octanol–water partition coefficient (Wildman–Crippen LogP) is 1.32. The molecule has 2 fully saturated rings. The lowest BCUT2D eigenvalue weighted by Crippen LogP contribution is -2.56. The van der Waals surface area contributed by atoms with Gasteiger partial charge in [0.15, 0.2) is 0 Å². The largest absolute Gasteiger partial charge is 0.480 e. The van der Waals surface area contributed by atoms with Crippen molar-refractivity contribution >= 4 is 12.0 Å². The minimum atomic E-state index is -0.799. The van der Waals surface area contributed by atoms with Gasteiger partial charge in [0, 0.05) is 38.8 Å². The molecule has 0 aromatic carbocycles. The molecule has 0 radical (unpaired) electrons. The zero-order chi connectivity index (χ0) is 15.6. The van der Waals surface area contributed by atoms with Gasteiger partial charge >= 0.3 is 12.0 Å². The summed E-state index contributed by atoms with van der Waals surface area (Å²) < 4.78 is 0. The molecule has 2 aliphatic rings. The van der Waals surface area contributed by atoms with Crippen LogP contribution in [0.5, 0.6) is 0 Å². The number of hydrogen-bond acceptors (Lipinski definition) is 3. The Morgan fingerprint density at radius 1 is 1.14 bits per heavy atom. The van der Waals surface area contributed by atoms with Gasteiger partial charge in [-0.1, -0.05) is 0 Å². The summed E-state index contributed by atoms with van der Waals surface area (Å²) >= 11 is 0. The lowest BCUT2D eigenvalue weighted by Gasteiger charge is -2.40. The van der Waals surface area contributed by atoms with E-state index in [1.807, 2.05) is 14.7 Å². The third-order valence-electron chi connectivity index (χ3n) is 4.51. The number of aliphatic carboxylic acids is 1. The Kier molecular flexibility index (Phi) is 5.08. The van der Waals surface area contributed by atoms with Crippen molar-refractivity contribution < 1.29 is 14.7 Å². The maximum Gasteiger partial charge on any atom is 0.320 e.